The maximum absolute atomic E-state index is 11.9. The Balaban J connectivity index is 0.00000180. The smallest absolute Gasteiger partial charge is 0.395 e. The molecule has 7 nitrogen and oxygen atoms in total. The van der Waals surface area contributed by atoms with Crippen LogP contribution in [0.25, 0.3) is 0 Å². The van der Waals surface area contributed by atoms with E-state index >= 15 is 0 Å². The Bertz CT molecular complexity index is 486. The summed E-state index contributed by atoms with van der Waals surface area (Å²) in [6.07, 6.45) is 2.07. The van der Waals surface area contributed by atoms with E-state index in [0.29, 0.717) is 12.5 Å². The van der Waals surface area contributed by atoms with Gasteiger partial charge in [0.05, 0.1) is 11.6 Å². The zero-order chi connectivity index (χ0) is 13.3. The molecule has 3 N–H and O–H groups in total. The summed E-state index contributed by atoms with van der Waals surface area (Å²) in [5, 5.41) is 13.2. The van der Waals surface area contributed by atoms with Gasteiger partial charge >= 0.3 is 5.88 Å². The van der Waals surface area contributed by atoms with Crippen molar-refractivity contribution >= 4 is 24.2 Å². The highest BCUT2D eigenvalue weighted by atomic mass is 35.5. The van der Waals surface area contributed by atoms with Crippen molar-refractivity contribution in [2.45, 2.75) is 25.3 Å². The lowest BCUT2D eigenvalue weighted by Gasteiger charge is -2.28. The van der Waals surface area contributed by atoms with Crippen LogP contribution in [0.1, 0.15) is 30.3 Å². The second kappa shape index (κ2) is 5.58. The van der Waals surface area contributed by atoms with Gasteiger partial charge < -0.3 is 15.5 Å². The molecule has 1 heterocycles. The molecule has 19 heavy (non-hydrogen) atoms. The van der Waals surface area contributed by atoms with Crippen molar-refractivity contribution in [3.8, 4) is 0 Å². The summed E-state index contributed by atoms with van der Waals surface area (Å²) in [7, 11) is 0. The number of carbonyl (C=O) groups excluding carboxylic acids is 1. The van der Waals surface area contributed by atoms with Gasteiger partial charge in [0.25, 0.3) is 5.91 Å². The summed E-state index contributed by atoms with van der Waals surface area (Å²) in [5.41, 5.74) is 5.20. The van der Waals surface area contributed by atoms with Gasteiger partial charge in [-0.1, -0.05) is 0 Å². The summed E-state index contributed by atoms with van der Waals surface area (Å²) in [6, 6.07) is 2.45. The molecule has 1 unspecified atom stereocenters. The normalized spacial score (nSPS) is 17.2. The Kier molecular flexibility index (Phi) is 4.54. The largest absolute Gasteiger partial charge is 0.433 e. The molecule has 1 aliphatic rings. The average molecular weight is 290 g/mol. The molecular formula is C11H16ClN3O4. The highest BCUT2D eigenvalue weighted by molar-refractivity contribution is 5.92. The summed E-state index contributed by atoms with van der Waals surface area (Å²) in [6.45, 7) is 2.20. The van der Waals surface area contributed by atoms with Crippen LogP contribution in [0, 0.1) is 16.0 Å². The van der Waals surface area contributed by atoms with Crippen molar-refractivity contribution in [1.82, 2.24) is 5.32 Å². The van der Waals surface area contributed by atoms with E-state index in [2.05, 4.69) is 5.32 Å². The lowest BCUT2D eigenvalue weighted by molar-refractivity contribution is -0.402. The van der Waals surface area contributed by atoms with E-state index < -0.39 is 22.3 Å². The molecule has 106 valence electrons. The monoisotopic (exact) mass is 289 g/mol. The maximum Gasteiger partial charge on any atom is 0.433 e. The zero-order valence-electron chi connectivity index (χ0n) is 10.4. The maximum atomic E-state index is 11.9. The fraction of sp³-hybridized carbons (Fsp3) is 0.545. The molecule has 1 aliphatic carbocycles. The molecule has 0 saturated heterocycles. The second-order valence-corrected chi connectivity index (χ2v) is 4.74. The third-order valence-electron chi connectivity index (χ3n) is 3.30. The molecule has 0 radical (unpaired) electrons. The zero-order valence-corrected chi connectivity index (χ0v) is 11.2. The van der Waals surface area contributed by atoms with Crippen molar-refractivity contribution in [1.29, 1.82) is 0 Å². The molecule has 1 aromatic heterocycles. The molecule has 0 spiro atoms. The van der Waals surface area contributed by atoms with Crippen LogP contribution in [0.15, 0.2) is 16.5 Å². The number of hydrogen-bond donors (Lipinski definition) is 2. The van der Waals surface area contributed by atoms with Crippen LogP contribution in [-0.2, 0) is 0 Å². The predicted molar refractivity (Wildman–Crippen MR) is 70.3 cm³/mol. The average Bonchev–Trinajstić information content (AvgIpc) is 3.06. The van der Waals surface area contributed by atoms with Gasteiger partial charge in [0.15, 0.2) is 5.76 Å². The number of nitro groups is 1. The van der Waals surface area contributed by atoms with E-state index in [9.17, 15) is 14.9 Å². The Morgan fingerprint density at radius 1 is 1.63 bits per heavy atom. The van der Waals surface area contributed by atoms with Gasteiger partial charge in [-0.25, -0.2) is 0 Å². The van der Waals surface area contributed by atoms with E-state index in [1.165, 1.54) is 6.07 Å². The van der Waals surface area contributed by atoms with Gasteiger partial charge in [0, 0.05) is 6.54 Å². The Morgan fingerprint density at radius 2 is 2.26 bits per heavy atom. The summed E-state index contributed by atoms with van der Waals surface area (Å²) in [5.74, 6) is -0.609. The first-order valence-corrected chi connectivity index (χ1v) is 5.73. The molecule has 1 amide bonds. The standard InChI is InChI=1S/C11H15N3O4.ClH/c1-11(6-12,7-2-3-7)13-10(15)8-4-5-9(18-8)14(16)17;/h4-5,7H,2-3,6,12H2,1H3,(H,13,15);1H. The first-order valence-electron chi connectivity index (χ1n) is 5.73. The quantitative estimate of drug-likeness (QED) is 0.629. The third kappa shape index (κ3) is 3.24. The highest BCUT2D eigenvalue weighted by Gasteiger charge is 2.42. The second-order valence-electron chi connectivity index (χ2n) is 4.74. The molecule has 8 heteroatoms. The minimum absolute atomic E-state index is 0. The summed E-state index contributed by atoms with van der Waals surface area (Å²) < 4.78 is 4.85. The summed E-state index contributed by atoms with van der Waals surface area (Å²) >= 11 is 0. The topological polar surface area (TPSA) is 111 Å². The lowest BCUT2D eigenvalue weighted by Crippen LogP contribution is -2.53. The van der Waals surface area contributed by atoms with Gasteiger partial charge in [-0.2, -0.15) is 0 Å². The minimum Gasteiger partial charge on any atom is -0.395 e. The molecule has 0 aliphatic heterocycles. The number of carbonyl (C=O) groups is 1. The van der Waals surface area contributed by atoms with E-state index in [1.807, 2.05) is 6.92 Å². The van der Waals surface area contributed by atoms with Crippen molar-refractivity contribution < 1.29 is 14.1 Å². The SMILES string of the molecule is CC(CN)(NC(=O)c1ccc([N+](=O)[O-])o1)C1CC1.Cl. The number of furan rings is 1. The van der Waals surface area contributed by atoms with Crippen LogP contribution in [0.4, 0.5) is 5.88 Å². The van der Waals surface area contributed by atoms with Crippen LogP contribution < -0.4 is 11.1 Å². The van der Waals surface area contributed by atoms with Crippen molar-refractivity contribution in [3.05, 3.63) is 28.0 Å². The fourth-order valence-corrected chi connectivity index (χ4v) is 1.91. The van der Waals surface area contributed by atoms with Gasteiger partial charge in [-0.15, -0.1) is 12.4 Å². The number of nitrogens with one attached hydrogen (secondary N) is 1. The Morgan fingerprint density at radius 3 is 2.68 bits per heavy atom. The molecule has 0 aromatic carbocycles. The first kappa shape index (κ1) is 15.5. The van der Waals surface area contributed by atoms with E-state index in [1.54, 1.807) is 0 Å². The highest BCUT2D eigenvalue weighted by Crippen LogP contribution is 2.39. The number of nitrogens with two attached hydrogens (primary N) is 1. The first-order chi connectivity index (χ1) is 8.46. The lowest BCUT2D eigenvalue weighted by atomic mass is 9.96. The third-order valence-corrected chi connectivity index (χ3v) is 3.30. The number of amides is 1. The predicted octanol–water partition coefficient (Wildman–Crippen LogP) is 1.47. The van der Waals surface area contributed by atoms with Crippen LogP contribution in [0.5, 0.6) is 0 Å². The molecule has 1 fully saturated rings. The van der Waals surface area contributed by atoms with Crippen LogP contribution in [0.2, 0.25) is 0 Å². The molecule has 0 bridgehead atoms. The number of rotatable bonds is 5. The fourth-order valence-electron chi connectivity index (χ4n) is 1.91. The van der Waals surface area contributed by atoms with E-state index in [4.69, 9.17) is 10.2 Å². The molecule has 2 rings (SSSR count). The van der Waals surface area contributed by atoms with Gasteiger partial charge in [-0.05, 0) is 31.7 Å². The number of halogens is 1. The number of nitrogens with zero attached hydrogens (tertiary/aromatic N) is 1. The van der Waals surface area contributed by atoms with Crippen LogP contribution in [-0.4, -0.2) is 22.9 Å². The molecule has 1 atom stereocenters. The van der Waals surface area contributed by atoms with Crippen molar-refractivity contribution in [2.75, 3.05) is 6.54 Å². The van der Waals surface area contributed by atoms with Gasteiger partial charge in [0.1, 0.15) is 4.92 Å². The van der Waals surface area contributed by atoms with Gasteiger partial charge in [-0.3, -0.25) is 14.9 Å². The van der Waals surface area contributed by atoms with Crippen LogP contribution >= 0.6 is 12.4 Å². The minimum atomic E-state index is -0.681. The molecular weight excluding hydrogens is 274 g/mol. The molecule has 1 saturated carbocycles. The van der Waals surface area contributed by atoms with E-state index in [-0.39, 0.29) is 18.2 Å². The number of hydrogen-bond acceptors (Lipinski definition) is 5. The van der Waals surface area contributed by atoms with Crippen molar-refractivity contribution in [3.63, 3.8) is 0 Å². The molecule has 1 aromatic rings. The van der Waals surface area contributed by atoms with Gasteiger partial charge in [0.2, 0.25) is 0 Å². The summed E-state index contributed by atoms with van der Waals surface area (Å²) in [4.78, 5) is 21.7. The Labute approximate surface area is 116 Å². The van der Waals surface area contributed by atoms with E-state index in [0.717, 1.165) is 18.9 Å². The van der Waals surface area contributed by atoms with Crippen molar-refractivity contribution in [2.24, 2.45) is 11.7 Å². The van der Waals surface area contributed by atoms with Crippen LogP contribution in [0.3, 0.4) is 0 Å². The Hall–Kier alpha value is -1.60.